The Bertz CT molecular complexity index is 999. The zero-order chi connectivity index (χ0) is 18.3. The van der Waals surface area contributed by atoms with Crippen LogP contribution in [-0.4, -0.2) is 27.4 Å². The van der Waals surface area contributed by atoms with Crippen molar-refractivity contribution in [2.45, 2.75) is 26.3 Å². The van der Waals surface area contributed by atoms with Crippen LogP contribution in [0.15, 0.2) is 42.5 Å². The van der Waals surface area contributed by atoms with Gasteiger partial charge < -0.3 is 10.0 Å². The van der Waals surface area contributed by atoms with Gasteiger partial charge in [-0.1, -0.05) is 35.9 Å². The molecule has 1 aliphatic heterocycles. The van der Waals surface area contributed by atoms with Crippen LogP contribution in [0.4, 0.5) is 0 Å². The smallest absolute Gasteiger partial charge is 0.219 e. The molecule has 1 aromatic heterocycles. The summed E-state index contributed by atoms with van der Waals surface area (Å²) in [5.41, 5.74) is 4.85. The quantitative estimate of drug-likeness (QED) is 0.743. The lowest BCUT2D eigenvalue weighted by Gasteiger charge is -2.28. The lowest BCUT2D eigenvalue weighted by atomic mass is 9.95. The van der Waals surface area contributed by atoms with E-state index in [2.05, 4.69) is 6.07 Å². The number of aromatic hydroxyl groups is 1. The number of rotatable bonds is 2. The van der Waals surface area contributed by atoms with Gasteiger partial charge in [0.1, 0.15) is 5.75 Å². The molecule has 132 valence electrons. The van der Waals surface area contributed by atoms with Crippen LogP contribution in [0.1, 0.15) is 29.3 Å². The Morgan fingerprint density at radius 3 is 2.73 bits per heavy atom. The number of fused-ring (bicyclic) bond motifs is 3. The lowest BCUT2D eigenvalue weighted by molar-refractivity contribution is -0.129. The molecular weight excluding hydrogens is 348 g/mol. The van der Waals surface area contributed by atoms with E-state index in [1.807, 2.05) is 35.2 Å². The number of hydrogen-bond donors (Lipinski definition) is 1. The second-order valence-corrected chi connectivity index (χ2v) is 7.16. The fourth-order valence-corrected chi connectivity index (χ4v) is 3.62. The highest BCUT2D eigenvalue weighted by atomic mass is 35.5. The standard InChI is InChI=1S/C21H19ClN2O2/c1-13(25)24-9-8-15-4-5-16-11-20(26)19(23-21(16)18(15)12-24)10-14-2-6-17(22)7-3-14/h2-7,11,26H,8-10,12H2,1H3. The van der Waals surface area contributed by atoms with Crippen molar-refractivity contribution < 1.29 is 9.90 Å². The van der Waals surface area contributed by atoms with Crippen LogP contribution in [0, 0.1) is 0 Å². The van der Waals surface area contributed by atoms with Crippen molar-refractivity contribution in [3.63, 3.8) is 0 Å². The number of carbonyl (C=O) groups is 1. The summed E-state index contributed by atoms with van der Waals surface area (Å²) in [5, 5.41) is 12.0. The number of carbonyl (C=O) groups excluding carboxylic acids is 1. The highest BCUT2D eigenvalue weighted by Crippen LogP contribution is 2.31. The van der Waals surface area contributed by atoms with Gasteiger partial charge in [0, 0.05) is 42.4 Å². The molecule has 4 rings (SSSR count). The molecule has 1 aliphatic rings. The number of halogens is 1. The molecule has 0 spiro atoms. The Morgan fingerprint density at radius 2 is 2.00 bits per heavy atom. The number of aromatic nitrogens is 1. The van der Waals surface area contributed by atoms with Gasteiger partial charge in [0.2, 0.25) is 5.91 Å². The van der Waals surface area contributed by atoms with Crippen molar-refractivity contribution in [1.82, 2.24) is 9.88 Å². The average molecular weight is 367 g/mol. The highest BCUT2D eigenvalue weighted by Gasteiger charge is 2.21. The Balaban J connectivity index is 1.78. The number of pyridine rings is 1. The molecule has 0 saturated heterocycles. The van der Waals surface area contributed by atoms with Crippen molar-refractivity contribution >= 4 is 28.4 Å². The van der Waals surface area contributed by atoms with Gasteiger partial charge >= 0.3 is 0 Å². The summed E-state index contributed by atoms with van der Waals surface area (Å²) in [5.74, 6) is 0.263. The van der Waals surface area contributed by atoms with E-state index in [0.717, 1.165) is 35.0 Å². The van der Waals surface area contributed by atoms with Crippen molar-refractivity contribution in [2.24, 2.45) is 0 Å². The zero-order valence-electron chi connectivity index (χ0n) is 14.5. The largest absolute Gasteiger partial charge is 0.506 e. The number of nitrogens with zero attached hydrogens (tertiary/aromatic N) is 2. The SMILES string of the molecule is CC(=O)N1CCc2ccc3cc(O)c(Cc4ccc(Cl)cc4)nc3c2C1. The molecule has 2 heterocycles. The fourth-order valence-electron chi connectivity index (χ4n) is 3.50. The van der Waals surface area contributed by atoms with E-state index in [-0.39, 0.29) is 11.7 Å². The predicted molar refractivity (Wildman–Crippen MR) is 102 cm³/mol. The molecule has 0 saturated carbocycles. The molecule has 1 amide bonds. The van der Waals surface area contributed by atoms with Crippen LogP contribution < -0.4 is 0 Å². The van der Waals surface area contributed by atoms with E-state index >= 15 is 0 Å². The third kappa shape index (κ3) is 3.13. The van der Waals surface area contributed by atoms with Gasteiger partial charge in [-0.25, -0.2) is 4.98 Å². The molecule has 2 aromatic carbocycles. The first-order chi connectivity index (χ1) is 12.5. The van der Waals surface area contributed by atoms with Crippen LogP contribution in [0.5, 0.6) is 5.75 Å². The fraction of sp³-hybridized carbons (Fsp3) is 0.238. The van der Waals surface area contributed by atoms with E-state index < -0.39 is 0 Å². The van der Waals surface area contributed by atoms with Crippen LogP contribution >= 0.6 is 11.6 Å². The summed E-state index contributed by atoms with van der Waals surface area (Å²) in [7, 11) is 0. The molecule has 0 bridgehead atoms. The van der Waals surface area contributed by atoms with Gasteiger partial charge in [0.15, 0.2) is 0 Å². The molecule has 3 aromatic rings. The maximum absolute atomic E-state index is 11.8. The first-order valence-electron chi connectivity index (χ1n) is 8.64. The first kappa shape index (κ1) is 16.9. The van der Waals surface area contributed by atoms with Gasteiger partial charge in [0.25, 0.3) is 0 Å². The normalized spacial score (nSPS) is 13.7. The molecule has 0 radical (unpaired) electrons. The van der Waals surface area contributed by atoms with Gasteiger partial charge in [-0.2, -0.15) is 0 Å². The molecule has 4 nitrogen and oxygen atoms in total. The molecule has 5 heteroatoms. The van der Waals surface area contributed by atoms with E-state index in [4.69, 9.17) is 16.6 Å². The third-order valence-corrected chi connectivity index (χ3v) is 5.23. The van der Waals surface area contributed by atoms with Crippen molar-refractivity contribution in [3.8, 4) is 5.75 Å². The molecule has 26 heavy (non-hydrogen) atoms. The summed E-state index contributed by atoms with van der Waals surface area (Å²) in [6, 6.07) is 13.4. The second kappa shape index (κ2) is 6.61. The monoisotopic (exact) mass is 366 g/mol. The maximum Gasteiger partial charge on any atom is 0.219 e. The average Bonchev–Trinajstić information content (AvgIpc) is 2.63. The van der Waals surface area contributed by atoms with E-state index in [0.29, 0.717) is 23.7 Å². The Kier molecular flexibility index (Phi) is 4.29. The molecule has 0 atom stereocenters. The zero-order valence-corrected chi connectivity index (χ0v) is 15.3. The molecule has 1 N–H and O–H groups in total. The number of benzene rings is 2. The second-order valence-electron chi connectivity index (χ2n) is 6.72. The van der Waals surface area contributed by atoms with E-state index in [1.54, 1.807) is 13.0 Å². The van der Waals surface area contributed by atoms with Crippen LogP contribution in [0.2, 0.25) is 5.02 Å². The minimum absolute atomic E-state index is 0.0767. The molecule has 0 fully saturated rings. The van der Waals surface area contributed by atoms with Gasteiger partial charge in [0.05, 0.1) is 11.2 Å². The Hall–Kier alpha value is -2.59. The summed E-state index contributed by atoms with van der Waals surface area (Å²) in [6.45, 7) is 2.91. The minimum atomic E-state index is 0.0767. The minimum Gasteiger partial charge on any atom is -0.506 e. The van der Waals surface area contributed by atoms with E-state index in [1.165, 1.54) is 5.56 Å². The maximum atomic E-state index is 11.8. The lowest BCUT2D eigenvalue weighted by Crippen LogP contribution is -2.34. The van der Waals surface area contributed by atoms with Crippen molar-refractivity contribution in [3.05, 3.63) is 69.9 Å². The number of amides is 1. The highest BCUT2D eigenvalue weighted by molar-refractivity contribution is 6.30. The first-order valence-corrected chi connectivity index (χ1v) is 9.02. The number of hydrogen-bond acceptors (Lipinski definition) is 3. The van der Waals surface area contributed by atoms with Gasteiger partial charge in [-0.15, -0.1) is 0 Å². The van der Waals surface area contributed by atoms with E-state index in [9.17, 15) is 9.90 Å². The van der Waals surface area contributed by atoms with Crippen molar-refractivity contribution in [1.29, 1.82) is 0 Å². The van der Waals surface area contributed by atoms with Crippen molar-refractivity contribution in [2.75, 3.05) is 6.54 Å². The van der Waals surface area contributed by atoms with Crippen LogP contribution in [0.25, 0.3) is 10.9 Å². The van der Waals surface area contributed by atoms with Crippen LogP contribution in [0.3, 0.4) is 0 Å². The summed E-state index contributed by atoms with van der Waals surface area (Å²) >= 11 is 5.95. The topological polar surface area (TPSA) is 53.4 Å². The summed E-state index contributed by atoms with van der Waals surface area (Å²) in [6.07, 6.45) is 1.36. The van der Waals surface area contributed by atoms with Gasteiger partial charge in [-0.05, 0) is 35.7 Å². The van der Waals surface area contributed by atoms with Crippen LogP contribution in [-0.2, 0) is 24.2 Å². The van der Waals surface area contributed by atoms with Gasteiger partial charge in [-0.3, -0.25) is 4.79 Å². The molecular formula is C21H19ClN2O2. The molecule has 0 aliphatic carbocycles. The Labute approximate surface area is 157 Å². The Morgan fingerprint density at radius 1 is 1.23 bits per heavy atom. The molecule has 0 unspecified atom stereocenters. The predicted octanol–water partition coefficient (Wildman–Crippen LogP) is 4.09. The summed E-state index contributed by atoms with van der Waals surface area (Å²) in [4.78, 5) is 18.4. The summed E-state index contributed by atoms with van der Waals surface area (Å²) < 4.78 is 0. The third-order valence-electron chi connectivity index (χ3n) is 4.98.